The predicted octanol–water partition coefficient (Wildman–Crippen LogP) is 0.860. The van der Waals surface area contributed by atoms with E-state index in [2.05, 4.69) is 0 Å². The Balaban J connectivity index is 2.12. The summed E-state index contributed by atoms with van der Waals surface area (Å²) < 4.78 is 24.7. The fourth-order valence-electron chi connectivity index (χ4n) is 2.53. The number of amides is 1. The third-order valence-electron chi connectivity index (χ3n) is 3.82. The maximum absolute atomic E-state index is 12.6. The highest BCUT2D eigenvalue weighted by molar-refractivity contribution is 7.88. The molecular weight excluding hydrogens is 302 g/mol. The van der Waals surface area contributed by atoms with Crippen molar-refractivity contribution in [3.05, 3.63) is 29.8 Å². The van der Waals surface area contributed by atoms with E-state index < -0.39 is 10.0 Å². The van der Waals surface area contributed by atoms with Gasteiger partial charge in [0, 0.05) is 51.5 Å². The van der Waals surface area contributed by atoms with Gasteiger partial charge in [-0.3, -0.25) is 4.79 Å². The molecular formula is C15H23N3O3S. The van der Waals surface area contributed by atoms with E-state index in [4.69, 9.17) is 0 Å². The van der Waals surface area contributed by atoms with Crippen molar-refractivity contribution in [3.63, 3.8) is 0 Å². The third-order valence-corrected chi connectivity index (χ3v) is 5.12. The van der Waals surface area contributed by atoms with Gasteiger partial charge in [-0.25, -0.2) is 12.7 Å². The molecule has 1 saturated heterocycles. The second-order valence-corrected chi connectivity index (χ2v) is 7.73. The maximum Gasteiger partial charge on any atom is 0.253 e. The summed E-state index contributed by atoms with van der Waals surface area (Å²) in [5.41, 5.74) is 1.61. The lowest BCUT2D eigenvalue weighted by Gasteiger charge is -2.22. The van der Waals surface area contributed by atoms with E-state index in [0.717, 1.165) is 5.69 Å². The number of anilines is 1. The van der Waals surface area contributed by atoms with Crippen molar-refractivity contribution in [1.82, 2.24) is 9.21 Å². The third kappa shape index (κ3) is 3.98. The van der Waals surface area contributed by atoms with Gasteiger partial charge < -0.3 is 9.80 Å². The zero-order valence-corrected chi connectivity index (χ0v) is 14.1. The van der Waals surface area contributed by atoms with Crippen molar-refractivity contribution in [3.8, 4) is 0 Å². The van der Waals surface area contributed by atoms with E-state index in [0.29, 0.717) is 38.2 Å². The molecule has 6 nitrogen and oxygen atoms in total. The minimum absolute atomic E-state index is 0.0425. The standard InChI is InChI=1S/C15H23N3O3S/c1-16(2)14-7-4-6-13(12-14)15(19)17-8-5-9-18(11-10-17)22(3,20)21/h4,6-7,12H,5,8-11H2,1-3H3. The van der Waals surface area contributed by atoms with Gasteiger partial charge in [0.2, 0.25) is 10.0 Å². The second-order valence-electron chi connectivity index (χ2n) is 5.75. The van der Waals surface area contributed by atoms with E-state index in [1.54, 1.807) is 11.0 Å². The zero-order valence-electron chi connectivity index (χ0n) is 13.3. The predicted molar refractivity (Wildman–Crippen MR) is 87.7 cm³/mol. The smallest absolute Gasteiger partial charge is 0.253 e. The van der Waals surface area contributed by atoms with E-state index in [-0.39, 0.29) is 5.91 Å². The minimum Gasteiger partial charge on any atom is -0.378 e. The molecule has 22 heavy (non-hydrogen) atoms. The highest BCUT2D eigenvalue weighted by Gasteiger charge is 2.24. The summed E-state index contributed by atoms with van der Waals surface area (Å²) in [6.45, 7) is 1.84. The molecule has 0 radical (unpaired) electrons. The molecule has 0 N–H and O–H groups in total. The average Bonchev–Trinajstić information content (AvgIpc) is 2.72. The molecule has 0 bridgehead atoms. The maximum atomic E-state index is 12.6. The molecule has 1 aromatic rings. The first-order chi connectivity index (χ1) is 10.3. The largest absolute Gasteiger partial charge is 0.378 e. The van der Waals surface area contributed by atoms with Gasteiger partial charge >= 0.3 is 0 Å². The van der Waals surface area contributed by atoms with Gasteiger partial charge in [0.15, 0.2) is 0 Å². The normalized spacial score (nSPS) is 17.1. The molecule has 0 saturated carbocycles. The average molecular weight is 325 g/mol. The van der Waals surface area contributed by atoms with Crippen molar-refractivity contribution < 1.29 is 13.2 Å². The van der Waals surface area contributed by atoms with Crippen molar-refractivity contribution in [2.45, 2.75) is 6.42 Å². The Bertz CT molecular complexity index is 643. The SMILES string of the molecule is CN(C)c1cccc(C(=O)N2CCCN(S(C)(=O)=O)CC2)c1. The van der Waals surface area contributed by atoms with Crippen LogP contribution in [0.25, 0.3) is 0 Å². The molecule has 0 spiro atoms. The number of hydrogen-bond acceptors (Lipinski definition) is 4. The van der Waals surface area contributed by atoms with Crippen LogP contribution in [0.4, 0.5) is 5.69 Å². The van der Waals surface area contributed by atoms with Crippen LogP contribution in [0.5, 0.6) is 0 Å². The Kier molecular flexibility index (Phi) is 5.08. The molecule has 122 valence electrons. The van der Waals surface area contributed by atoms with Crippen LogP contribution in [0, 0.1) is 0 Å². The Morgan fingerprint density at radius 2 is 1.86 bits per heavy atom. The van der Waals surface area contributed by atoms with Gasteiger partial charge in [-0.1, -0.05) is 6.07 Å². The van der Waals surface area contributed by atoms with Crippen LogP contribution < -0.4 is 4.90 Å². The first-order valence-electron chi connectivity index (χ1n) is 7.31. The van der Waals surface area contributed by atoms with Crippen molar-refractivity contribution in [2.24, 2.45) is 0 Å². The van der Waals surface area contributed by atoms with Gasteiger partial charge in [-0.15, -0.1) is 0 Å². The first-order valence-corrected chi connectivity index (χ1v) is 9.15. The summed E-state index contributed by atoms with van der Waals surface area (Å²) in [7, 11) is 0.668. The summed E-state index contributed by atoms with van der Waals surface area (Å²) in [6.07, 6.45) is 1.87. The van der Waals surface area contributed by atoms with Gasteiger partial charge in [0.25, 0.3) is 5.91 Å². The summed E-state index contributed by atoms with van der Waals surface area (Å²) in [5, 5.41) is 0. The number of carbonyl (C=O) groups is 1. The molecule has 0 aliphatic carbocycles. The molecule has 0 unspecified atom stereocenters. The van der Waals surface area contributed by atoms with Crippen molar-refractivity contribution in [1.29, 1.82) is 0 Å². The van der Waals surface area contributed by atoms with E-state index >= 15 is 0 Å². The van der Waals surface area contributed by atoms with Crippen molar-refractivity contribution in [2.75, 3.05) is 51.4 Å². The van der Waals surface area contributed by atoms with Crippen molar-refractivity contribution >= 4 is 21.6 Å². The quantitative estimate of drug-likeness (QED) is 0.827. The van der Waals surface area contributed by atoms with Gasteiger partial charge in [0.05, 0.1) is 6.26 Å². The fraction of sp³-hybridized carbons (Fsp3) is 0.533. The van der Waals surface area contributed by atoms with E-state index in [1.165, 1.54) is 10.6 Å². The molecule has 0 aromatic heterocycles. The molecule has 1 aliphatic rings. The fourth-order valence-corrected chi connectivity index (χ4v) is 3.40. The summed E-state index contributed by atoms with van der Waals surface area (Å²) in [5.74, 6) is -0.0425. The van der Waals surface area contributed by atoms with E-state index in [1.807, 2.05) is 37.2 Å². The molecule has 1 amide bonds. The van der Waals surface area contributed by atoms with Gasteiger partial charge in [-0.05, 0) is 24.6 Å². The molecule has 1 heterocycles. The van der Waals surface area contributed by atoms with Gasteiger partial charge in [-0.2, -0.15) is 0 Å². The van der Waals surface area contributed by atoms with Gasteiger partial charge in [0.1, 0.15) is 0 Å². The van der Waals surface area contributed by atoms with Crippen LogP contribution in [-0.2, 0) is 10.0 Å². The Hall–Kier alpha value is -1.60. The highest BCUT2D eigenvalue weighted by atomic mass is 32.2. The number of rotatable bonds is 3. The molecule has 1 aromatic carbocycles. The minimum atomic E-state index is -3.19. The van der Waals surface area contributed by atoms with Crippen LogP contribution in [0.15, 0.2) is 24.3 Å². The molecule has 0 atom stereocenters. The Labute approximate surface area is 132 Å². The summed E-state index contributed by atoms with van der Waals surface area (Å²) >= 11 is 0. The number of carbonyl (C=O) groups excluding carboxylic acids is 1. The van der Waals surface area contributed by atoms with Crippen LogP contribution in [0.1, 0.15) is 16.8 Å². The number of sulfonamides is 1. The lowest BCUT2D eigenvalue weighted by molar-refractivity contribution is 0.0764. The molecule has 1 fully saturated rings. The molecule has 2 rings (SSSR count). The monoisotopic (exact) mass is 325 g/mol. The molecule has 7 heteroatoms. The van der Waals surface area contributed by atoms with Crippen LogP contribution >= 0.6 is 0 Å². The second kappa shape index (κ2) is 6.66. The summed E-state index contributed by atoms with van der Waals surface area (Å²) in [6, 6.07) is 7.48. The number of nitrogens with zero attached hydrogens (tertiary/aromatic N) is 3. The molecule has 1 aliphatic heterocycles. The summed E-state index contributed by atoms with van der Waals surface area (Å²) in [4.78, 5) is 16.3. The van der Waals surface area contributed by atoms with Crippen LogP contribution in [-0.4, -0.2) is 70.1 Å². The zero-order chi connectivity index (χ0) is 16.3. The Morgan fingerprint density at radius 3 is 2.50 bits per heavy atom. The number of benzene rings is 1. The first kappa shape index (κ1) is 16.8. The van der Waals surface area contributed by atoms with E-state index in [9.17, 15) is 13.2 Å². The van der Waals surface area contributed by atoms with Crippen LogP contribution in [0.2, 0.25) is 0 Å². The Morgan fingerprint density at radius 1 is 1.14 bits per heavy atom. The highest BCUT2D eigenvalue weighted by Crippen LogP contribution is 2.16. The van der Waals surface area contributed by atoms with Crippen LogP contribution in [0.3, 0.4) is 0 Å². The lowest BCUT2D eigenvalue weighted by Crippen LogP contribution is -2.37. The topological polar surface area (TPSA) is 60.9 Å². The lowest BCUT2D eigenvalue weighted by atomic mass is 10.1. The number of hydrogen-bond donors (Lipinski definition) is 0.